The molecule has 7 nitrogen and oxygen atoms in total. The summed E-state index contributed by atoms with van der Waals surface area (Å²) in [6.45, 7) is 2.61. The SMILES string of the molecule is CCCNC(=O)CN(C)CC(=O)Nc1cccc2c1C(=O)c1ccccc1C2=O. The third kappa shape index (κ3) is 4.41. The van der Waals surface area contributed by atoms with Gasteiger partial charge < -0.3 is 10.6 Å². The molecule has 0 saturated carbocycles. The zero-order chi connectivity index (χ0) is 21.0. The summed E-state index contributed by atoms with van der Waals surface area (Å²) in [4.78, 5) is 51.5. The minimum atomic E-state index is -0.372. The van der Waals surface area contributed by atoms with Crippen LogP contribution in [0.15, 0.2) is 42.5 Å². The van der Waals surface area contributed by atoms with Crippen LogP contribution in [0.4, 0.5) is 5.69 Å². The van der Waals surface area contributed by atoms with Crippen LogP contribution >= 0.6 is 0 Å². The van der Waals surface area contributed by atoms with Crippen molar-refractivity contribution >= 4 is 29.1 Å². The molecule has 0 saturated heterocycles. The number of ketones is 2. The lowest BCUT2D eigenvalue weighted by molar-refractivity contribution is -0.122. The van der Waals surface area contributed by atoms with Gasteiger partial charge in [0, 0.05) is 23.2 Å². The fourth-order valence-electron chi connectivity index (χ4n) is 3.31. The van der Waals surface area contributed by atoms with Crippen molar-refractivity contribution in [2.75, 3.05) is 32.0 Å². The summed E-state index contributed by atoms with van der Waals surface area (Å²) in [5.41, 5.74) is 1.47. The Labute approximate surface area is 169 Å². The van der Waals surface area contributed by atoms with E-state index in [1.807, 2.05) is 6.92 Å². The smallest absolute Gasteiger partial charge is 0.238 e. The first-order valence-corrected chi connectivity index (χ1v) is 9.49. The van der Waals surface area contributed by atoms with Gasteiger partial charge in [0.15, 0.2) is 11.6 Å². The molecular formula is C22H23N3O4. The van der Waals surface area contributed by atoms with Crippen LogP contribution in [0.1, 0.15) is 45.2 Å². The van der Waals surface area contributed by atoms with E-state index in [1.165, 1.54) is 0 Å². The Kier molecular flexibility index (Phi) is 6.19. The first-order chi connectivity index (χ1) is 13.9. The molecule has 2 aromatic rings. The highest BCUT2D eigenvalue weighted by atomic mass is 16.2. The van der Waals surface area contributed by atoms with Crippen molar-refractivity contribution in [2.24, 2.45) is 0 Å². The van der Waals surface area contributed by atoms with E-state index in [1.54, 1.807) is 54.4 Å². The molecule has 0 radical (unpaired) electrons. The number of carbonyl (C=O) groups excluding carboxylic acids is 4. The molecule has 0 aromatic heterocycles. The van der Waals surface area contributed by atoms with Gasteiger partial charge in [-0.15, -0.1) is 0 Å². The molecule has 1 aliphatic rings. The van der Waals surface area contributed by atoms with E-state index in [4.69, 9.17) is 0 Å². The molecule has 0 bridgehead atoms. The molecular weight excluding hydrogens is 370 g/mol. The molecule has 29 heavy (non-hydrogen) atoms. The van der Waals surface area contributed by atoms with Crippen molar-refractivity contribution in [3.63, 3.8) is 0 Å². The number of carbonyl (C=O) groups is 4. The Bertz CT molecular complexity index is 984. The quantitative estimate of drug-likeness (QED) is 0.639. The average Bonchev–Trinajstić information content (AvgIpc) is 2.70. The normalized spacial score (nSPS) is 12.4. The fourth-order valence-corrected chi connectivity index (χ4v) is 3.31. The molecule has 0 aliphatic heterocycles. The summed E-state index contributed by atoms with van der Waals surface area (Å²) in [5.74, 6) is -1.06. The predicted octanol–water partition coefficient (Wildman–Crippen LogP) is 1.86. The van der Waals surface area contributed by atoms with Gasteiger partial charge in [-0.2, -0.15) is 0 Å². The van der Waals surface area contributed by atoms with Crippen molar-refractivity contribution in [3.05, 3.63) is 64.7 Å². The highest BCUT2D eigenvalue weighted by molar-refractivity contribution is 6.30. The average molecular weight is 393 g/mol. The van der Waals surface area contributed by atoms with E-state index in [9.17, 15) is 19.2 Å². The van der Waals surface area contributed by atoms with Crippen LogP contribution < -0.4 is 10.6 Å². The number of anilines is 1. The van der Waals surface area contributed by atoms with E-state index in [-0.39, 0.29) is 47.6 Å². The first-order valence-electron chi connectivity index (χ1n) is 9.49. The van der Waals surface area contributed by atoms with Gasteiger partial charge in [-0.3, -0.25) is 24.1 Å². The minimum Gasteiger partial charge on any atom is -0.355 e. The largest absolute Gasteiger partial charge is 0.355 e. The Morgan fingerprint density at radius 2 is 1.48 bits per heavy atom. The van der Waals surface area contributed by atoms with E-state index in [2.05, 4.69) is 10.6 Å². The monoisotopic (exact) mass is 393 g/mol. The summed E-state index contributed by atoms with van der Waals surface area (Å²) < 4.78 is 0. The van der Waals surface area contributed by atoms with Crippen molar-refractivity contribution in [3.8, 4) is 0 Å². The van der Waals surface area contributed by atoms with Crippen LogP contribution in [-0.4, -0.2) is 55.0 Å². The second kappa shape index (κ2) is 8.79. The molecule has 7 heteroatoms. The number of nitrogens with one attached hydrogen (secondary N) is 2. The lowest BCUT2D eigenvalue weighted by atomic mass is 9.83. The maximum Gasteiger partial charge on any atom is 0.238 e. The van der Waals surface area contributed by atoms with Gasteiger partial charge in [0.1, 0.15) is 0 Å². The lowest BCUT2D eigenvalue weighted by Crippen LogP contribution is -2.39. The molecule has 150 valence electrons. The van der Waals surface area contributed by atoms with Crippen LogP contribution in [0.2, 0.25) is 0 Å². The van der Waals surface area contributed by atoms with Crippen molar-refractivity contribution < 1.29 is 19.2 Å². The highest BCUT2D eigenvalue weighted by Gasteiger charge is 2.31. The van der Waals surface area contributed by atoms with E-state index < -0.39 is 0 Å². The number of hydrogen-bond donors (Lipinski definition) is 2. The van der Waals surface area contributed by atoms with Crippen LogP contribution in [0.25, 0.3) is 0 Å². The summed E-state index contributed by atoms with van der Waals surface area (Å²) in [6.07, 6.45) is 0.838. The third-order valence-corrected chi connectivity index (χ3v) is 4.63. The Morgan fingerprint density at radius 3 is 2.17 bits per heavy atom. The highest BCUT2D eigenvalue weighted by Crippen LogP contribution is 2.31. The Morgan fingerprint density at radius 1 is 0.862 bits per heavy atom. The number of nitrogens with zero attached hydrogens (tertiary/aromatic N) is 1. The van der Waals surface area contributed by atoms with Gasteiger partial charge in [0.2, 0.25) is 11.8 Å². The van der Waals surface area contributed by atoms with Crippen LogP contribution in [0.3, 0.4) is 0 Å². The van der Waals surface area contributed by atoms with Gasteiger partial charge in [0.05, 0.1) is 24.3 Å². The number of likely N-dealkylation sites (N-methyl/N-ethyl adjacent to an activating group) is 1. The van der Waals surface area contributed by atoms with E-state index in [0.29, 0.717) is 23.4 Å². The molecule has 3 rings (SSSR count). The predicted molar refractivity (Wildman–Crippen MR) is 109 cm³/mol. The third-order valence-electron chi connectivity index (χ3n) is 4.63. The van der Waals surface area contributed by atoms with Gasteiger partial charge in [-0.1, -0.05) is 43.3 Å². The van der Waals surface area contributed by atoms with E-state index >= 15 is 0 Å². The molecule has 0 spiro atoms. The molecule has 0 atom stereocenters. The second-order valence-electron chi connectivity index (χ2n) is 7.00. The van der Waals surface area contributed by atoms with Crippen molar-refractivity contribution in [1.82, 2.24) is 10.2 Å². The molecule has 1 aliphatic carbocycles. The summed E-state index contributed by atoms with van der Waals surface area (Å²) in [7, 11) is 1.66. The molecule has 2 amide bonds. The summed E-state index contributed by atoms with van der Waals surface area (Å²) in [5, 5.41) is 5.47. The Balaban J connectivity index is 1.75. The molecule has 0 heterocycles. The van der Waals surface area contributed by atoms with E-state index in [0.717, 1.165) is 6.42 Å². The number of hydrogen-bond acceptors (Lipinski definition) is 5. The topological polar surface area (TPSA) is 95.6 Å². The molecule has 2 aromatic carbocycles. The zero-order valence-corrected chi connectivity index (χ0v) is 16.5. The van der Waals surface area contributed by atoms with Gasteiger partial charge in [-0.05, 0) is 19.5 Å². The summed E-state index contributed by atoms with van der Waals surface area (Å²) >= 11 is 0. The summed E-state index contributed by atoms with van der Waals surface area (Å²) in [6, 6.07) is 11.5. The number of fused-ring (bicyclic) bond motifs is 2. The van der Waals surface area contributed by atoms with Crippen LogP contribution in [-0.2, 0) is 9.59 Å². The second-order valence-corrected chi connectivity index (χ2v) is 7.00. The first kappa shape index (κ1) is 20.4. The van der Waals surface area contributed by atoms with Gasteiger partial charge in [-0.25, -0.2) is 0 Å². The maximum absolute atomic E-state index is 13.0. The zero-order valence-electron chi connectivity index (χ0n) is 16.5. The fraction of sp³-hybridized carbons (Fsp3) is 0.273. The standard InChI is InChI=1S/C22H23N3O4/c1-3-11-23-18(26)12-25(2)13-19(27)24-17-10-6-9-16-20(17)22(29)15-8-5-4-7-14(15)21(16)28/h4-10H,3,11-13H2,1-2H3,(H,23,26)(H,24,27). The Hall–Kier alpha value is -3.32. The number of rotatable bonds is 7. The van der Waals surface area contributed by atoms with Gasteiger partial charge >= 0.3 is 0 Å². The lowest BCUT2D eigenvalue weighted by Gasteiger charge is -2.21. The number of benzene rings is 2. The van der Waals surface area contributed by atoms with Crippen molar-refractivity contribution in [1.29, 1.82) is 0 Å². The minimum absolute atomic E-state index is 0.0259. The van der Waals surface area contributed by atoms with Crippen LogP contribution in [0.5, 0.6) is 0 Å². The van der Waals surface area contributed by atoms with Gasteiger partial charge in [0.25, 0.3) is 0 Å². The van der Waals surface area contributed by atoms with Crippen LogP contribution in [0, 0.1) is 0 Å². The van der Waals surface area contributed by atoms with Crippen molar-refractivity contribution in [2.45, 2.75) is 13.3 Å². The molecule has 0 fully saturated rings. The number of amides is 2. The molecule has 2 N–H and O–H groups in total. The molecule has 0 unspecified atom stereocenters. The maximum atomic E-state index is 13.0.